The molecule has 0 unspecified atom stereocenters. The van der Waals surface area contributed by atoms with Gasteiger partial charge in [0.25, 0.3) is 5.91 Å². The summed E-state index contributed by atoms with van der Waals surface area (Å²) >= 11 is 0. The lowest BCUT2D eigenvalue weighted by atomic mass is 10.3. The summed E-state index contributed by atoms with van der Waals surface area (Å²) in [6.07, 6.45) is 8.15. The van der Waals surface area contributed by atoms with E-state index in [0.29, 0.717) is 18.7 Å². The van der Waals surface area contributed by atoms with Gasteiger partial charge < -0.3 is 9.88 Å². The molecule has 6 nitrogen and oxygen atoms in total. The zero-order valence-electron chi connectivity index (χ0n) is 11.8. The minimum atomic E-state index is -0.205. The molecule has 0 bridgehead atoms. The maximum atomic E-state index is 11.8. The molecule has 0 aliphatic rings. The van der Waals surface area contributed by atoms with Crippen molar-refractivity contribution in [3.8, 4) is 0 Å². The van der Waals surface area contributed by atoms with Gasteiger partial charge in [0.2, 0.25) is 0 Å². The third-order valence-corrected chi connectivity index (χ3v) is 3.01. The predicted molar refractivity (Wildman–Crippen MR) is 75.3 cm³/mol. The van der Waals surface area contributed by atoms with Crippen LogP contribution in [0.25, 0.3) is 0 Å². The lowest BCUT2D eigenvalue weighted by Gasteiger charge is -2.09. The zero-order chi connectivity index (χ0) is 14.4. The monoisotopic (exact) mass is 273 g/mol. The van der Waals surface area contributed by atoms with E-state index >= 15 is 0 Å². The molecule has 0 aromatic carbocycles. The molecular weight excluding hydrogens is 254 g/mol. The fraction of sp³-hybridized carbons (Fsp3) is 0.429. The van der Waals surface area contributed by atoms with Gasteiger partial charge in [0.15, 0.2) is 0 Å². The molecule has 0 spiro atoms. The SMILES string of the molecule is CCCn1c(C)cnc1CCNC(=O)c1cnccn1. The van der Waals surface area contributed by atoms with Crippen molar-refractivity contribution in [3.05, 3.63) is 42.0 Å². The first-order valence-electron chi connectivity index (χ1n) is 6.77. The Morgan fingerprint density at radius 3 is 2.85 bits per heavy atom. The number of hydrogen-bond acceptors (Lipinski definition) is 4. The van der Waals surface area contributed by atoms with E-state index in [0.717, 1.165) is 24.5 Å². The normalized spacial score (nSPS) is 10.5. The third-order valence-electron chi connectivity index (χ3n) is 3.01. The van der Waals surface area contributed by atoms with E-state index in [1.165, 1.54) is 12.4 Å². The molecule has 0 saturated heterocycles. The second-order valence-corrected chi connectivity index (χ2v) is 4.56. The van der Waals surface area contributed by atoms with Gasteiger partial charge in [0, 0.05) is 43.8 Å². The molecule has 2 aromatic heterocycles. The van der Waals surface area contributed by atoms with Crippen LogP contribution in [0.2, 0.25) is 0 Å². The van der Waals surface area contributed by atoms with Crippen LogP contribution in [0, 0.1) is 6.92 Å². The summed E-state index contributed by atoms with van der Waals surface area (Å²) in [6.45, 7) is 5.68. The second kappa shape index (κ2) is 6.79. The van der Waals surface area contributed by atoms with E-state index in [2.05, 4.69) is 31.8 Å². The van der Waals surface area contributed by atoms with Crippen LogP contribution in [0.4, 0.5) is 0 Å². The molecule has 0 saturated carbocycles. The van der Waals surface area contributed by atoms with Crippen LogP contribution in [0.5, 0.6) is 0 Å². The Morgan fingerprint density at radius 2 is 2.15 bits per heavy atom. The third kappa shape index (κ3) is 3.40. The molecule has 1 N–H and O–H groups in total. The highest BCUT2D eigenvalue weighted by atomic mass is 16.1. The fourth-order valence-electron chi connectivity index (χ4n) is 2.03. The molecule has 0 aliphatic heterocycles. The van der Waals surface area contributed by atoms with Crippen molar-refractivity contribution in [1.29, 1.82) is 0 Å². The Hall–Kier alpha value is -2.24. The Morgan fingerprint density at radius 1 is 1.30 bits per heavy atom. The molecule has 2 rings (SSSR count). The van der Waals surface area contributed by atoms with Gasteiger partial charge in [0.05, 0.1) is 6.20 Å². The van der Waals surface area contributed by atoms with Crippen LogP contribution in [0.1, 0.15) is 35.4 Å². The smallest absolute Gasteiger partial charge is 0.271 e. The molecule has 0 atom stereocenters. The van der Waals surface area contributed by atoms with E-state index in [1.54, 1.807) is 6.20 Å². The molecular formula is C14H19N5O. The van der Waals surface area contributed by atoms with Crippen molar-refractivity contribution >= 4 is 5.91 Å². The summed E-state index contributed by atoms with van der Waals surface area (Å²) in [7, 11) is 0. The van der Waals surface area contributed by atoms with Gasteiger partial charge >= 0.3 is 0 Å². The highest BCUT2D eigenvalue weighted by molar-refractivity contribution is 5.91. The van der Waals surface area contributed by atoms with Crippen LogP contribution in [0.3, 0.4) is 0 Å². The van der Waals surface area contributed by atoms with Gasteiger partial charge in [-0.2, -0.15) is 0 Å². The summed E-state index contributed by atoms with van der Waals surface area (Å²) in [5.74, 6) is 0.798. The van der Waals surface area contributed by atoms with E-state index in [1.807, 2.05) is 13.1 Å². The molecule has 0 fully saturated rings. The van der Waals surface area contributed by atoms with Crippen molar-refractivity contribution in [2.75, 3.05) is 6.54 Å². The number of nitrogens with one attached hydrogen (secondary N) is 1. The summed E-state index contributed by atoms with van der Waals surface area (Å²) in [6, 6.07) is 0. The first kappa shape index (κ1) is 14.2. The molecule has 0 radical (unpaired) electrons. The predicted octanol–water partition coefficient (Wildman–Crippen LogP) is 1.36. The minimum Gasteiger partial charge on any atom is -0.350 e. The average molecular weight is 273 g/mol. The quantitative estimate of drug-likeness (QED) is 0.862. The lowest BCUT2D eigenvalue weighted by Crippen LogP contribution is -2.27. The highest BCUT2D eigenvalue weighted by Crippen LogP contribution is 2.06. The van der Waals surface area contributed by atoms with Crippen molar-refractivity contribution < 1.29 is 4.79 Å². The number of carbonyl (C=O) groups excluding carboxylic acids is 1. The van der Waals surface area contributed by atoms with Crippen molar-refractivity contribution in [2.24, 2.45) is 0 Å². The van der Waals surface area contributed by atoms with Gasteiger partial charge in [0.1, 0.15) is 11.5 Å². The average Bonchev–Trinajstić information content (AvgIpc) is 2.82. The van der Waals surface area contributed by atoms with Crippen LogP contribution in [0.15, 0.2) is 24.8 Å². The van der Waals surface area contributed by atoms with E-state index in [9.17, 15) is 4.79 Å². The van der Waals surface area contributed by atoms with Gasteiger partial charge in [-0.25, -0.2) is 9.97 Å². The molecule has 1 amide bonds. The maximum absolute atomic E-state index is 11.8. The number of aryl methyl sites for hydroxylation is 1. The standard InChI is InChI=1S/C14H19N5O/c1-3-8-19-11(2)9-18-13(19)4-5-17-14(20)12-10-15-6-7-16-12/h6-7,9-10H,3-5,8H2,1-2H3,(H,17,20). The van der Waals surface area contributed by atoms with Crippen LogP contribution in [-0.2, 0) is 13.0 Å². The molecule has 106 valence electrons. The summed E-state index contributed by atoms with van der Waals surface area (Å²) in [5, 5.41) is 2.83. The van der Waals surface area contributed by atoms with Gasteiger partial charge in [-0.3, -0.25) is 9.78 Å². The number of amides is 1. The topological polar surface area (TPSA) is 72.7 Å². The van der Waals surface area contributed by atoms with E-state index in [-0.39, 0.29) is 5.91 Å². The van der Waals surface area contributed by atoms with Gasteiger partial charge in [-0.1, -0.05) is 6.92 Å². The lowest BCUT2D eigenvalue weighted by molar-refractivity contribution is 0.0948. The molecule has 20 heavy (non-hydrogen) atoms. The first-order valence-corrected chi connectivity index (χ1v) is 6.77. The second-order valence-electron chi connectivity index (χ2n) is 4.56. The van der Waals surface area contributed by atoms with Crippen LogP contribution in [-0.4, -0.2) is 32.0 Å². The summed E-state index contributed by atoms with van der Waals surface area (Å²) in [5.41, 5.74) is 1.49. The van der Waals surface area contributed by atoms with Crippen LogP contribution >= 0.6 is 0 Å². The number of aromatic nitrogens is 4. The number of rotatable bonds is 6. The molecule has 2 aromatic rings. The minimum absolute atomic E-state index is 0.205. The summed E-state index contributed by atoms with van der Waals surface area (Å²) < 4.78 is 2.19. The van der Waals surface area contributed by atoms with Crippen molar-refractivity contribution in [2.45, 2.75) is 33.2 Å². The van der Waals surface area contributed by atoms with Crippen molar-refractivity contribution in [3.63, 3.8) is 0 Å². The first-order chi connectivity index (χ1) is 9.72. The van der Waals surface area contributed by atoms with Crippen molar-refractivity contribution in [1.82, 2.24) is 24.8 Å². The Balaban J connectivity index is 1.89. The Bertz CT molecular complexity index is 564. The zero-order valence-corrected chi connectivity index (χ0v) is 11.8. The van der Waals surface area contributed by atoms with Gasteiger partial charge in [-0.15, -0.1) is 0 Å². The summed E-state index contributed by atoms with van der Waals surface area (Å²) in [4.78, 5) is 24.0. The molecule has 2 heterocycles. The molecule has 6 heteroatoms. The highest BCUT2D eigenvalue weighted by Gasteiger charge is 2.09. The Kier molecular flexibility index (Phi) is 4.81. The number of hydrogen-bond donors (Lipinski definition) is 1. The van der Waals surface area contributed by atoms with E-state index < -0.39 is 0 Å². The van der Waals surface area contributed by atoms with Gasteiger partial charge in [-0.05, 0) is 13.3 Å². The number of imidazole rings is 1. The van der Waals surface area contributed by atoms with E-state index in [4.69, 9.17) is 0 Å². The largest absolute Gasteiger partial charge is 0.350 e. The number of nitrogens with zero attached hydrogens (tertiary/aromatic N) is 4. The van der Waals surface area contributed by atoms with Crippen LogP contribution < -0.4 is 5.32 Å². The molecule has 0 aliphatic carbocycles. The fourth-order valence-corrected chi connectivity index (χ4v) is 2.03. The Labute approximate surface area is 118 Å². The number of carbonyl (C=O) groups is 1. The maximum Gasteiger partial charge on any atom is 0.271 e.